The van der Waals surface area contributed by atoms with Crippen LogP contribution in [0.15, 0.2) is 22.5 Å². The molecule has 2 fully saturated rings. The third-order valence-corrected chi connectivity index (χ3v) is 6.69. The van der Waals surface area contributed by atoms with Gasteiger partial charge in [-0.2, -0.15) is 0 Å². The lowest BCUT2D eigenvalue weighted by Gasteiger charge is -2.36. The number of rotatable bonds is 6. The zero-order valence-corrected chi connectivity index (χ0v) is 20.0. The molecule has 0 aromatic carbocycles. The van der Waals surface area contributed by atoms with E-state index in [9.17, 15) is 0 Å². The fraction of sp³-hybridized carbons (Fsp3) is 0.750. The summed E-state index contributed by atoms with van der Waals surface area (Å²) in [4.78, 5) is 13.5. The van der Waals surface area contributed by atoms with E-state index in [-0.39, 0.29) is 24.0 Å². The number of aliphatic imine (C=N–C) groups is 1. The second kappa shape index (κ2) is 12.2. The molecule has 0 amide bonds. The van der Waals surface area contributed by atoms with E-state index in [1.807, 2.05) is 18.4 Å². The highest BCUT2D eigenvalue weighted by Gasteiger charge is 2.21. The summed E-state index contributed by atoms with van der Waals surface area (Å²) >= 11 is 1.86. The van der Waals surface area contributed by atoms with Gasteiger partial charge in [-0.1, -0.05) is 13.0 Å². The third-order valence-electron chi connectivity index (χ3n) is 5.83. The predicted octanol–water partition coefficient (Wildman–Crippen LogP) is 3.18. The normalized spacial score (nSPS) is 20.5. The molecule has 0 saturated carbocycles. The highest BCUT2D eigenvalue weighted by atomic mass is 127. The molecule has 0 bridgehead atoms. The van der Waals surface area contributed by atoms with Gasteiger partial charge in [0.15, 0.2) is 5.96 Å². The Kier molecular flexibility index (Phi) is 10.4. The number of nitrogens with zero attached hydrogens (tertiary/aromatic N) is 4. The van der Waals surface area contributed by atoms with Crippen molar-refractivity contribution in [3.05, 3.63) is 22.4 Å². The van der Waals surface area contributed by atoms with Crippen LogP contribution in [0.3, 0.4) is 0 Å². The molecule has 7 heteroatoms. The third kappa shape index (κ3) is 7.18. The first kappa shape index (κ1) is 22.9. The second-order valence-corrected chi connectivity index (χ2v) is 8.52. The van der Waals surface area contributed by atoms with Crippen LogP contribution in [0.25, 0.3) is 0 Å². The maximum absolute atomic E-state index is 4.53. The van der Waals surface area contributed by atoms with Gasteiger partial charge in [0.2, 0.25) is 0 Å². The van der Waals surface area contributed by atoms with Crippen molar-refractivity contribution >= 4 is 41.3 Å². The number of thiophene rings is 1. The van der Waals surface area contributed by atoms with Gasteiger partial charge in [-0.05, 0) is 56.3 Å². The van der Waals surface area contributed by atoms with Crippen LogP contribution < -0.4 is 5.32 Å². The number of hydrogen-bond acceptors (Lipinski definition) is 4. The SMILES string of the molecule is CCN1CCC(CCNC(=NC)N2CCN(Cc3cccs3)CC2)CC1.I. The van der Waals surface area contributed by atoms with Gasteiger partial charge in [0.05, 0.1) is 0 Å². The Morgan fingerprint density at radius 2 is 1.89 bits per heavy atom. The Labute approximate surface area is 186 Å². The van der Waals surface area contributed by atoms with Crippen LogP contribution in [0.2, 0.25) is 0 Å². The van der Waals surface area contributed by atoms with Crippen molar-refractivity contribution in [3.8, 4) is 0 Å². The van der Waals surface area contributed by atoms with Crippen molar-refractivity contribution in [1.29, 1.82) is 0 Å². The minimum absolute atomic E-state index is 0. The van der Waals surface area contributed by atoms with Gasteiger partial charge in [0.25, 0.3) is 0 Å². The quantitative estimate of drug-likeness (QED) is 0.366. The van der Waals surface area contributed by atoms with E-state index < -0.39 is 0 Å². The van der Waals surface area contributed by atoms with Crippen molar-refractivity contribution in [2.75, 3.05) is 59.4 Å². The van der Waals surface area contributed by atoms with Crippen LogP contribution in [0.4, 0.5) is 0 Å². The van der Waals surface area contributed by atoms with E-state index in [1.54, 1.807) is 0 Å². The smallest absolute Gasteiger partial charge is 0.193 e. The second-order valence-electron chi connectivity index (χ2n) is 7.48. The van der Waals surface area contributed by atoms with Crippen LogP contribution in [0.1, 0.15) is 31.1 Å². The molecule has 154 valence electrons. The van der Waals surface area contributed by atoms with Gasteiger partial charge in [-0.3, -0.25) is 9.89 Å². The largest absolute Gasteiger partial charge is 0.356 e. The summed E-state index contributed by atoms with van der Waals surface area (Å²) in [6, 6.07) is 4.39. The number of likely N-dealkylation sites (tertiary alicyclic amines) is 1. The molecule has 1 N–H and O–H groups in total. The maximum Gasteiger partial charge on any atom is 0.193 e. The van der Waals surface area contributed by atoms with E-state index in [0.29, 0.717) is 0 Å². The lowest BCUT2D eigenvalue weighted by molar-refractivity contribution is 0.172. The molecule has 27 heavy (non-hydrogen) atoms. The number of piperazine rings is 1. The molecule has 2 aliphatic rings. The summed E-state index contributed by atoms with van der Waals surface area (Å²) in [5, 5.41) is 5.79. The number of nitrogens with one attached hydrogen (secondary N) is 1. The van der Waals surface area contributed by atoms with Gasteiger partial charge >= 0.3 is 0 Å². The fourth-order valence-electron chi connectivity index (χ4n) is 4.05. The van der Waals surface area contributed by atoms with E-state index in [1.165, 1.54) is 43.8 Å². The molecule has 1 aromatic rings. The molecule has 0 atom stereocenters. The highest BCUT2D eigenvalue weighted by Crippen LogP contribution is 2.19. The summed E-state index contributed by atoms with van der Waals surface area (Å²) < 4.78 is 0. The number of guanidine groups is 1. The van der Waals surface area contributed by atoms with E-state index in [4.69, 9.17) is 0 Å². The summed E-state index contributed by atoms with van der Waals surface area (Å²) in [6.45, 7) is 12.6. The lowest BCUT2D eigenvalue weighted by atomic mass is 9.93. The summed E-state index contributed by atoms with van der Waals surface area (Å²) in [6.07, 6.45) is 3.99. The Hall–Kier alpha value is -0.380. The topological polar surface area (TPSA) is 34.1 Å². The number of piperidine rings is 1. The standard InChI is InChI=1S/C20H35N5S.HI/c1-3-23-10-7-18(8-11-23)6-9-22-20(21-2)25-14-12-24(13-15-25)17-19-5-4-16-26-19;/h4-5,16,18H,3,6-15,17H2,1-2H3,(H,21,22);1H. The maximum atomic E-state index is 4.53. The first-order valence-corrected chi connectivity index (χ1v) is 11.1. The first-order chi connectivity index (χ1) is 12.8. The molecule has 3 heterocycles. The molecule has 5 nitrogen and oxygen atoms in total. The zero-order chi connectivity index (χ0) is 18.2. The Morgan fingerprint density at radius 1 is 1.15 bits per heavy atom. The summed E-state index contributed by atoms with van der Waals surface area (Å²) in [5.74, 6) is 1.97. The van der Waals surface area contributed by atoms with Gasteiger partial charge in [-0.25, -0.2) is 0 Å². The average molecular weight is 506 g/mol. The summed E-state index contributed by atoms with van der Waals surface area (Å²) in [7, 11) is 1.92. The monoisotopic (exact) mass is 505 g/mol. The Bertz CT molecular complexity index is 535. The van der Waals surface area contributed by atoms with Crippen LogP contribution >= 0.6 is 35.3 Å². The Balaban J connectivity index is 0.00000261. The van der Waals surface area contributed by atoms with E-state index in [0.717, 1.165) is 51.1 Å². The number of hydrogen-bond donors (Lipinski definition) is 1. The molecule has 2 aliphatic heterocycles. The summed E-state index contributed by atoms with van der Waals surface area (Å²) in [5.41, 5.74) is 0. The van der Waals surface area contributed by atoms with Crippen LogP contribution in [0.5, 0.6) is 0 Å². The van der Waals surface area contributed by atoms with Crippen LogP contribution in [-0.2, 0) is 6.54 Å². The predicted molar refractivity (Wildman–Crippen MR) is 127 cm³/mol. The van der Waals surface area contributed by atoms with Crippen LogP contribution in [0, 0.1) is 5.92 Å². The van der Waals surface area contributed by atoms with Gasteiger partial charge in [0.1, 0.15) is 0 Å². The lowest BCUT2D eigenvalue weighted by Crippen LogP contribution is -2.52. The van der Waals surface area contributed by atoms with Crippen molar-refractivity contribution in [3.63, 3.8) is 0 Å². The van der Waals surface area contributed by atoms with E-state index in [2.05, 4.69) is 49.4 Å². The molecule has 0 spiro atoms. The van der Waals surface area contributed by atoms with Crippen molar-refractivity contribution in [1.82, 2.24) is 20.0 Å². The molecule has 3 rings (SSSR count). The molecular weight excluding hydrogens is 469 g/mol. The zero-order valence-electron chi connectivity index (χ0n) is 16.9. The van der Waals surface area contributed by atoms with Gasteiger partial charge in [-0.15, -0.1) is 35.3 Å². The molecule has 0 aliphatic carbocycles. The fourth-order valence-corrected chi connectivity index (χ4v) is 4.80. The van der Waals surface area contributed by atoms with Crippen molar-refractivity contribution in [2.45, 2.75) is 32.7 Å². The minimum Gasteiger partial charge on any atom is -0.356 e. The average Bonchev–Trinajstić information content (AvgIpc) is 3.20. The minimum atomic E-state index is 0. The van der Waals surface area contributed by atoms with Crippen molar-refractivity contribution < 1.29 is 0 Å². The molecule has 2 saturated heterocycles. The van der Waals surface area contributed by atoms with E-state index >= 15 is 0 Å². The number of halogens is 1. The molecule has 1 aromatic heterocycles. The van der Waals surface area contributed by atoms with Gasteiger partial charge in [0, 0.05) is 51.2 Å². The first-order valence-electron chi connectivity index (χ1n) is 10.2. The molecular formula is C20H36IN5S. The van der Waals surface area contributed by atoms with Gasteiger partial charge < -0.3 is 15.1 Å². The van der Waals surface area contributed by atoms with Crippen molar-refractivity contribution in [2.24, 2.45) is 10.9 Å². The molecule has 0 radical (unpaired) electrons. The highest BCUT2D eigenvalue weighted by molar-refractivity contribution is 14.0. The van der Waals surface area contributed by atoms with Crippen LogP contribution in [-0.4, -0.2) is 80.1 Å². The Morgan fingerprint density at radius 3 is 2.48 bits per heavy atom. The molecule has 0 unspecified atom stereocenters.